The summed E-state index contributed by atoms with van der Waals surface area (Å²) >= 11 is 0. The topological polar surface area (TPSA) is 46.2 Å². The standard InChI is InChI=1S/C7H15NO2S.ClH/c1-6-3-4-7(5-8-6)11(2,9)10;/h6-8H,3-5H2,1-2H3;1H. The van der Waals surface area contributed by atoms with E-state index in [1.54, 1.807) is 0 Å². The second-order valence-electron chi connectivity index (χ2n) is 3.34. The molecule has 0 radical (unpaired) electrons. The number of sulfone groups is 1. The molecule has 1 saturated heterocycles. The van der Waals surface area contributed by atoms with Crippen molar-refractivity contribution < 1.29 is 8.42 Å². The molecular weight excluding hydrogens is 198 g/mol. The monoisotopic (exact) mass is 213 g/mol. The first-order chi connectivity index (χ1) is 5.00. The Bertz CT molecular complexity index is 220. The van der Waals surface area contributed by atoms with Crippen LogP contribution in [0.4, 0.5) is 0 Å². The number of hydrogen-bond acceptors (Lipinski definition) is 3. The van der Waals surface area contributed by atoms with Gasteiger partial charge < -0.3 is 5.32 Å². The van der Waals surface area contributed by atoms with Gasteiger partial charge in [0, 0.05) is 18.8 Å². The lowest BCUT2D eigenvalue weighted by atomic mass is 10.1. The van der Waals surface area contributed by atoms with Crippen LogP contribution in [0.2, 0.25) is 0 Å². The van der Waals surface area contributed by atoms with Crippen molar-refractivity contribution in [1.82, 2.24) is 5.32 Å². The number of nitrogens with one attached hydrogen (secondary N) is 1. The van der Waals surface area contributed by atoms with E-state index in [2.05, 4.69) is 12.2 Å². The van der Waals surface area contributed by atoms with Crippen LogP contribution in [-0.4, -0.2) is 32.5 Å². The van der Waals surface area contributed by atoms with Crippen LogP contribution in [-0.2, 0) is 9.84 Å². The molecule has 5 heteroatoms. The predicted octanol–water partition coefficient (Wildman–Crippen LogP) is 0.593. The van der Waals surface area contributed by atoms with Gasteiger partial charge in [-0.15, -0.1) is 12.4 Å². The van der Waals surface area contributed by atoms with Gasteiger partial charge in [-0.1, -0.05) is 0 Å². The highest BCUT2D eigenvalue weighted by Crippen LogP contribution is 2.13. The fourth-order valence-electron chi connectivity index (χ4n) is 1.34. The minimum atomic E-state index is -2.81. The van der Waals surface area contributed by atoms with Crippen molar-refractivity contribution in [3.05, 3.63) is 0 Å². The lowest BCUT2D eigenvalue weighted by molar-refractivity contribution is 0.420. The van der Waals surface area contributed by atoms with Crippen LogP contribution < -0.4 is 5.32 Å². The zero-order valence-corrected chi connectivity index (χ0v) is 9.04. The van der Waals surface area contributed by atoms with E-state index in [4.69, 9.17) is 0 Å². The second-order valence-corrected chi connectivity index (χ2v) is 5.66. The van der Waals surface area contributed by atoms with Crippen molar-refractivity contribution in [3.8, 4) is 0 Å². The van der Waals surface area contributed by atoms with E-state index in [0.717, 1.165) is 12.8 Å². The van der Waals surface area contributed by atoms with E-state index in [1.165, 1.54) is 6.26 Å². The highest BCUT2D eigenvalue weighted by atomic mass is 35.5. The molecule has 1 aliphatic rings. The van der Waals surface area contributed by atoms with Crippen LogP contribution in [0.5, 0.6) is 0 Å². The average Bonchev–Trinajstić information content (AvgIpc) is 1.86. The normalized spacial score (nSPS) is 30.8. The number of halogens is 1. The minimum Gasteiger partial charge on any atom is -0.313 e. The molecule has 0 aromatic rings. The maximum absolute atomic E-state index is 11.1. The second kappa shape index (κ2) is 4.44. The van der Waals surface area contributed by atoms with E-state index in [9.17, 15) is 8.42 Å². The fourth-order valence-corrected chi connectivity index (χ4v) is 2.30. The molecule has 1 rings (SSSR count). The van der Waals surface area contributed by atoms with Crippen LogP contribution in [0.1, 0.15) is 19.8 Å². The van der Waals surface area contributed by atoms with Gasteiger partial charge in [0.05, 0.1) is 5.25 Å². The molecule has 0 saturated carbocycles. The minimum absolute atomic E-state index is 0. The van der Waals surface area contributed by atoms with Crippen molar-refractivity contribution in [2.24, 2.45) is 0 Å². The summed E-state index contributed by atoms with van der Waals surface area (Å²) in [6.45, 7) is 2.71. The van der Waals surface area contributed by atoms with Crippen LogP contribution in [0.3, 0.4) is 0 Å². The van der Waals surface area contributed by atoms with Crippen molar-refractivity contribution in [3.63, 3.8) is 0 Å². The van der Waals surface area contributed by atoms with Gasteiger partial charge in [0.25, 0.3) is 0 Å². The third kappa shape index (κ3) is 3.29. The van der Waals surface area contributed by atoms with Gasteiger partial charge in [0.15, 0.2) is 9.84 Å². The Morgan fingerprint density at radius 3 is 2.25 bits per heavy atom. The maximum atomic E-state index is 11.1. The first kappa shape index (κ1) is 12.2. The SMILES string of the molecule is CC1CCC(S(C)(=O)=O)CN1.Cl. The van der Waals surface area contributed by atoms with Gasteiger partial charge in [-0.2, -0.15) is 0 Å². The summed E-state index contributed by atoms with van der Waals surface area (Å²) in [4.78, 5) is 0. The molecule has 74 valence electrons. The zero-order chi connectivity index (χ0) is 8.48. The van der Waals surface area contributed by atoms with Crippen molar-refractivity contribution >= 4 is 22.2 Å². The lowest BCUT2D eigenvalue weighted by Gasteiger charge is -2.26. The predicted molar refractivity (Wildman–Crippen MR) is 52.6 cm³/mol. The quantitative estimate of drug-likeness (QED) is 0.694. The van der Waals surface area contributed by atoms with E-state index in [0.29, 0.717) is 12.6 Å². The molecular formula is C7H16ClNO2S. The fraction of sp³-hybridized carbons (Fsp3) is 1.00. The van der Waals surface area contributed by atoms with Gasteiger partial charge in [0.1, 0.15) is 0 Å². The van der Waals surface area contributed by atoms with Crippen molar-refractivity contribution in [2.75, 3.05) is 12.8 Å². The van der Waals surface area contributed by atoms with Crippen molar-refractivity contribution in [2.45, 2.75) is 31.1 Å². The Balaban J connectivity index is 0.00000121. The summed E-state index contributed by atoms with van der Waals surface area (Å²) in [6, 6.07) is 0.480. The van der Waals surface area contributed by atoms with E-state index < -0.39 is 9.84 Å². The van der Waals surface area contributed by atoms with Gasteiger partial charge in [0.2, 0.25) is 0 Å². The van der Waals surface area contributed by atoms with Crippen LogP contribution >= 0.6 is 12.4 Å². The summed E-state index contributed by atoms with van der Waals surface area (Å²) in [5, 5.41) is 3.01. The van der Waals surface area contributed by atoms with E-state index in [-0.39, 0.29) is 17.7 Å². The summed E-state index contributed by atoms with van der Waals surface area (Å²) in [6.07, 6.45) is 3.10. The van der Waals surface area contributed by atoms with Gasteiger partial charge in [-0.3, -0.25) is 0 Å². The molecule has 0 aliphatic carbocycles. The number of piperidine rings is 1. The first-order valence-electron chi connectivity index (χ1n) is 3.92. The third-order valence-electron chi connectivity index (χ3n) is 2.22. The van der Waals surface area contributed by atoms with Gasteiger partial charge in [-0.25, -0.2) is 8.42 Å². The highest BCUT2D eigenvalue weighted by molar-refractivity contribution is 7.91. The summed E-state index contributed by atoms with van der Waals surface area (Å²) in [7, 11) is -2.81. The Labute approximate surface area is 80.3 Å². The number of rotatable bonds is 1. The molecule has 0 spiro atoms. The third-order valence-corrected chi connectivity index (χ3v) is 3.83. The molecule has 1 aliphatic heterocycles. The van der Waals surface area contributed by atoms with Crippen LogP contribution in [0, 0.1) is 0 Å². The summed E-state index contributed by atoms with van der Waals surface area (Å²) in [5.74, 6) is 0. The molecule has 2 unspecified atom stereocenters. The van der Waals surface area contributed by atoms with E-state index >= 15 is 0 Å². The molecule has 0 aromatic carbocycles. The Kier molecular flexibility index (Phi) is 4.51. The lowest BCUT2D eigenvalue weighted by Crippen LogP contribution is -2.43. The zero-order valence-electron chi connectivity index (χ0n) is 7.41. The Morgan fingerprint density at radius 2 is 1.92 bits per heavy atom. The van der Waals surface area contributed by atoms with Crippen LogP contribution in [0.15, 0.2) is 0 Å². The van der Waals surface area contributed by atoms with Gasteiger partial charge >= 0.3 is 0 Å². The molecule has 2 atom stereocenters. The maximum Gasteiger partial charge on any atom is 0.151 e. The molecule has 0 amide bonds. The smallest absolute Gasteiger partial charge is 0.151 e. The molecule has 1 N–H and O–H groups in total. The molecule has 0 bridgehead atoms. The summed E-state index contributed by atoms with van der Waals surface area (Å²) < 4.78 is 22.1. The molecule has 12 heavy (non-hydrogen) atoms. The molecule has 1 fully saturated rings. The molecule has 3 nitrogen and oxygen atoms in total. The largest absolute Gasteiger partial charge is 0.313 e. The van der Waals surface area contributed by atoms with Gasteiger partial charge in [-0.05, 0) is 19.8 Å². The molecule has 1 heterocycles. The molecule has 0 aromatic heterocycles. The van der Waals surface area contributed by atoms with E-state index in [1.807, 2.05) is 0 Å². The Morgan fingerprint density at radius 1 is 1.33 bits per heavy atom. The average molecular weight is 214 g/mol. The first-order valence-corrected chi connectivity index (χ1v) is 5.88. The van der Waals surface area contributed by atoms with Crippen LogP contribution in [0.25, 0.3) is 0 Å². The number of hydrogen-bond donors (Lipinski definition) is 1. The Hall–Kier alpha value is 0.200. The highest BCUT2D eigenvalue weighted by Gasteiger charge is 2.25. The summed E-state index contributed by atoms with van der Waals surface area (Å²) in [5.41, 5.74) is 0. The van der Waals surface area contributed by atoms with Crippen molar-refractivity contribution in [1.29, 1.82) is 0 Å².